The van der Waals surface area contributed by atoms with Crippen LogP contribution in [-0.2, 0) is 11.3 Å². The second kappa shape index (κ2) is 9.40. The lowest BCUT2D eigenvalue weighted by Gasteiger charge is -2.16. The zero-order valence-corrected chi connectivity index (χ0v) is 13.9. The summed E-state index contributed by atoms with van der Waals surface area (Å²) in [6.07, 6.45) is 2.08. The number of carboxylic acid groups (broad SMARTS) is 1. The van der Waals surface area contributed by atoms with E-state index in [1.54, 1.807) is 7.11 Å². The molecule has 4 nitrogen and oxygen atoms in total. The number of rotatable bonds is 5. The number of carbonyl (C=O) groups is 1. The highest BCUT2D eigenvalue weighted by Gasteiger charge is 2.09. The van der Waals surface area contributed by atoms with Crippen LogP contribution in [0.25, 0.3) is 0 Å². The van der Waals surface area contributed by atoms with Gasteiger partial charge in [-0.3, -0.25) is 4.79 Å². The van der Waals surface area contributed by atoms with Crippen molar-refractivity contribution < 1.29 is 14.6 Å². The van der Waals surface area contributed by atoms with Crippen LogP contribution < -0.4 is 10.5 Å². The van der Waals surface area contributed by atoms with E-state index in [1.807, 2.05) is 25.1 Å². The molecule has 0 aliphatic rings. The zero-order valence-electron chi connectivity index (χ0n) is 13.9. The molecule has 1 aromatic carbocycles. The van der Waals surface area contributed by atoms with Crippen molar-refractivity contribution in [1.82, 2.24) is 0 Å². The average Bonchev–Trinajstić information content (AvgIpc) is 2.37. The average molecular weight is 295 g/mol. The highest BCUT2D eigenvalue weighted by Crippen LogP contribution is 2.21. The molecule has 0 spiro atoms. The summed E-state index contributed by atoms with van der Waals surface area (Å²) in [5.74, 6) is 0.228. The number of ether oxygens (including phenoxy) is 1. The zero-order chi connectivity index (χ0) is 16.5. The first-order valence-corrected chi connectivity index (χ1v) is 7.25. The minimum Gasteiger partial charge on any atom is -0.496 e. The van der Waals surface area contributed by atoms with Crippen molar-refractivity contribution in [3.8, 4) is 5.75 Å². The van der Waals surface area contributed by atoms with Crippen LogP contribution in [0.15, 0.2) is 18.2 Å². The molecule has 0 heterocycles. The Morgan fingerprint density at radius 3 is 2.33 bits per heavy atom. The first-order chi connectivity index (χ1) is 9.69. The minimum atomic E-state index is -0.691. The molecule has 0 saturated heterocycles. The third-order valence-electron chi connectivity index (χ3n) is 3.01. The Kier molecular flexibility index (Phi) is 8.70. The SMILES string of the molecule is CC(C)(C)CCCC(=O)O.COc1ccc(CN)cc1C. The van der Waals surface area contributed by atoms with Crippen molar-refractivity contribution in [2.45, 2.75) is 53.5 Å². The van der Waals surface area contributed by atoms with Crippen molar-refractivity contribution in [1.29, 1.82) is 0 Å². The molecule has 4 heteroatoms. The molecule has 0 atom stereocenters. The van der Waals surface area contributed by atoms with Gasteiger partial charge in [0.1, 0.15) is 5.75 Å². The third kappa shape index (κ3) is 9.91. The molecule has 120 valence electrons. The van der Waals surface area contributed by atoms with E-state index in [0.717, 1.165) is 29.7 Å². The highest BCUT2D eigenvalue weighted by atomic mass is 16.5. The van der Waals surface area contributed by atoms with E-state index < -0.39 is 5.97 Å². The summed E-state index contributed by atoms with van der Waals surface area (Å²) in [4.78, 5) is 10.1. The van der Waals surface area contributed by atoms with Crippen LogP contribution in [0, 0.1) is 12.3 Å². The number of nitrogens with two attached hydrogens (primary N) is 1. The van der Waals surface area contributed by atoms with Gasteiger partial charge >= 0.3 is 5.97 Å². The summed E-state index contributed by atoms with van der Waals surface area (Å²) >= 11 is 0. The molecule has 0 bridgehead atoms. The number of carboxylic acids is 1. The summed E-state index contributed by atoms with van der Waals surface area (Å²) in [6, 6.07) is 5.96. The molecule has 0 aromatic heterocycles. The van der Waals surface area contributed by atoms with E-state index in [9.17, 15) is 4.79 Å². The lowest BCUT2D eigenvalue weighted by molar-refractivity contribution is -0.137. The summed E-state index contributed by atoms with van der Waals surface area (Å²) in [5.41, 5.74) is 8.02. The number of aryl methyl sites for hydroxylation is 1. The summed E-state index contributed by atoms with van der Waals surface area (Å²) in [5, 5.41) is 8.31. The molecule has 1 rings (SSSR count). The van der Waals surface area contributed by atoms with Crippen LogP contribution in [0.4, 0.5) is 0 Å². The second-order valence-electron chi connectivity index (χ2n) is 6.32. The Balaban J connectivity index is 0.000000384. The molecule has 0 fully saturated rings. The second-order valence-corrected chi connectivity index (χ2v) is 6.32. The van der Waals surface area contributed by atoms with Crippen LogP contribution in [0.2, 0.25) is 0 Å². The first-order valence-electron chi connectivity index (χ1n) is 7.25. The van der Waals surface area contributed by atoms with Gasteiger partial charge in [-0.2, -0.15) is 0 Å². The maximum absolute atomic E-state index is 10.1. The number of aliphatic carboxylic acids is 1. The van der Waals surface area contributed by atoms with Gasteiger partial charge in [-0.15, -0.1) is 0 Å². The topological polar surface area (TPSA) is 72.5 Å². The molecule has 0 amide bonds. The van der Waals surface area contributed by atoms with Gasteiger partial charge in [0.2, 0.25) is 0 Å². The van der Waals surface area contributed by atoms with Crippen LogP contribution in [0.3, 0.4) is 0 Å². The largest absolute Gasteiger partial charge is 0.496 e. The maximum atomic E-state index is 10.1. The number of hydrogen-bond donors (Lipinski definition) is 2. The van der Waals surface area contributed by atoms with E-state index in [0.29, 0.717) is 13.0 Å². The van der Waals surface area contributed by atoms with Gasteiger partial charge in [-0.1, -0.05) is 32.9 Å². The summed E-state index contributed by atoms with van der Waals surface area (Å²) in [7, 11) is 1.67. The van der Waals surface area contributed by atoms with Gasteiger partial charge in [0.05, 0.1) is 7.11 Å². The van der Waals surface area contributed by atoms with Gasteiger partial charge in [-0.05, 0) is 42.4 Å². The fourth-order valence-electron chi connectivity index (χ4n) is 1.84. The molecule has 0 radical (unpaired) electrons. The Morgan fingerprint density at radius 1 is 1.33 bits per heavy atom. The van der Waals surface area contributed by atoms with E-state index in [2.05, 4.69) is 20.8 Å². The van der Waals surface area contributed by atoms with Crippen molar-refractivity contribution in [3.05, 3.63) is 29.3 Å². The molecular formula is C17H29NO3. The number of benzene rings is 1. The molecular weight excluding hydrogens is 266 g/mol. The lowest BCUT2D eigenvalue weighted by Crippen LogP contribution is -2.05. The standard InChI is InChI=1S/C9H13NO.C8H16O2/c1-7-5-8(6-10)3-4-9(7)11-2;1-8(2,3)6-4-5-7(9)10/h3-5H,6,10H2,1-2H3;4-6H2,1-3H3,(H,9,10). The quantitative estimate of drug-likeness (QED) is 0.867. The molecule has 0 aliphatic carbocycles. The summed E-state index contributed by atoms with van der Waals surface area (Å²) in [6.45, 7) is 8.96. The fraction of sp³-hybridized carbons (Fsp3) is 0.588. The molecule has 21 heavy (non-hydrogen) atoms. The minimum absolute atomic E-state index is 0.273. The van der Waals surface area contributed by atoms with Gasteiger partial charge in [0, 0.05) is 13.0 Å². The van der Waals surface area contributed by atoms with E-state index in [1.165, 1.54) is 0 Å². The third-order valence-corrected chi connectivity index (χ3v) is 3.01. The normalized spacial score (nSPS) is 10.6. The van der Waals surface area contributed by atoms with E-state index in [-0.39, 0.29) is 5.41 Å². The molecule has 3 N–H and O–H groups in total. The van der Waals surface area contributed by atoms with Crippen LogP contribution in [0.1, 0.15) is 51.2 Å². The Bertz CT molecular complexity index is 436. The molecule has 0 saturated carbocycles. The van der Waals surface area contributed by atoms with E-state index >= 15 is 0 Å². The van der Waals surface area contributed by atoms with Gasteiger partial charge < -0.3 is 15.6 Å². The van der Waals surface area contributed by atoms with Crippen molar-refractivity contribution >= 4 is 5.97 Å². The Hall–Kier alpha value is -1.55. The van der Waals surface area contributed by atoms with Crippen molar-refractivity contribution in [3.63, 3.8) is 0 Å². The van der Waals surface area contributed by atoms with Gasteiger partial charge in [0.25, 0.3) is 0 Å². The number of methoxy groups -OCH3 is 1. The highest BCUT2D eigenvalue weighted by molar-refractivity contribution is 5.66. The molecule has 0 aliphatic heterocycles. The maximum Gasteiger partial charge on any atom is 0.303 e. The van der Waals surface area contributed by atoms with Gasteiger partial charge in [-0.25, -0.2) is 0 Å². The monoisotopic (exact) mass is 295 g/mol. The van der Waals surface area contributed by atoms with Crippen molar-refractivity contribution in [2.24, 2.45) is 11.1 Å². The molecule has 1 aromatic rings. The van der Waals surface area contributed by atoms with Gasteiger partial charge in [0.15, 0.2) is 0 Å². The predicted octanol–water partition coefficient (Wildman–Crippen LogP) is 3.75. The predicted molar refractivity (Wildman–Crippen MR) is 86.6 cm³/mol. The Morgan fingerprint density at radius 2 is 1.95 bits per heavy atom. The van der Waals surface area contributed by atoms with Crippen molar-refractivity contribution in [2.75, 3.05) is 7.11 Å². The van der Waals surface area contributed by atoms with Crippen LogP contribution in [0.5, 0.6) is 5.75 Å². The smallest absolute Gasteiger partial charge is 0.303 e. The number of hydrogen-bond acceptors (Lipinski definition) is 3. The fourth-order valence-corrected chi connectivity index (χ4v) is 1.84. The summed E-state index contributed by atoms with van der Waals surface area (Å²) < 4.78 is 5.10. The van der Waals surface area contributed by atoms with E-state index in [4.69, 9.17) is 15.6 Å². The Labute approximate surface area is 128 Å². The van der Waals surface area contributed by atoms with Crippen LogP contribution >= 0.6 is 0 Å². The first kappa shape index (κ1) is 19.4. The molecule has 0 unspecified atom stereocenters. The van der Waals surface area contributed by atoms with Crippen LogP contribution in [-0.4, -0.2) is 18.2 Å². The lowest BCUT2D eigenvalue weighted by atomic mass is 9.90.